The molecule has 182 valence electrons. The van der Waals surface area contributed by atoms with Gasteiger partial charge in [-0.1, -0.05) is 12.1 Å². The van der Waals surface area contributed by atoms with Crippen LogP contribution in [0.25, 0.3) is 10.9 Å². The van der Waals surface area contributed by atoms with Gasteiger partial charge in [-0.25, -0.2) is 14.4 Å². The summed E-state index contributed by atoms with van der Waals surface area (Å²) in [5.74, 6) is 1.97. The minimum atomic E-state index is -0.420. The summed E-state index contributed by atoms with van der Waals surface area (Å²) in [6.07, 6.45) is 1.48. The van der Waals surface area contributed by atoms with E-state index in [1.54, 1.807) is 44.6 Å². The molecule has 4 aromatic rings. The number of rotatable bonds is 12. The quantitative estimate of drug-likeness (QED) is 0.272. The van der Waals surface area contributed by atoms with E-state index >= 15 is 0 Å². The third kappa shape index (κ3) is 6.34. The summed E-state index contributed by atoms with van der Waals surface area (Å²) in [6, 6.07) is 17.1. The number of benzene rings is 3. The molecule has 8 nitrogen and oxygen atoms in total. The van der Waals surface area contributed by atoms with Crippen LogP contribution in [0, 0.1) is 5.82 Å². The molecule has 0 saturated carbocycles. The Kier molecular flexibility index (Phi) is 8.26. The topological polar surface area (TPSA) is 84.0 Å². The van der Waals surface area contributed by atoms with Crippen molar-refractivity contribution in [2.24, 2.45) is 0 Å². The van der Waals surface area contributed by atoms with Crippen molar-refractivity contribution in [2.45, 2.75) is 0 Å². The summed E-state index contributed by atoms with van der Waals surface area (Å²) in [4.78, 5) is 8.78. The lowest BCUT2D eigenvalue weighted by atomic mass is 10.2. The van der Waals surface area contributed by atoms with Crippen LogP contribution in [0.1, 0.15) is 0 Å². The Balaban J connectivity index is 1.56. The van der Waals surface area contributed by atoms with Gasteiger partial charge in [-0.05, 0) is 42.5 Å². The number of aromatic nitrogens is 2. The molecule has 0 spiro atoms. The highest BCUT2D eigenvalue weighted by atomic mass is 19.1. The number of nitrogens with one attached hydrogen (secondary N) is 1. The molecule has 0 atom stereocenters. The Bertz CT molecular complexity index is 1250. The van der Waals surface area contributed by atoms with Gasteiger partial charge in [0.05, 0.1) is 18.7 Å². The van der Waals surface area contributed by atoms with E-state index in [1.807, 2.05) is 24.3 Å². The second kappa shape index (κ2) is 12.0. The SMILES string of the molecule is COCCOc1cc2ncnc(Nc3ccc(Oc4ccccc4F)cc3)c2cc1OCCOC. The number of hydrogen-bond acceptors (Lipinski definition) is 8. The molecule has 0 unspecified atom stereocenters. The van der Waals surface area contributed by atoms with Crippen LogP contribution in [0.2, 0.25) is 0 Å². The van der Waals surface area contributed by atoms with Gasteiger partial charge in [-0.3, -0.25) is 0 Å². The van der Waals surface area contributed by atoms with Crippen LogP contribution in [0.15, 0.2) is 67.0 Å². The number of anilines is 2. The van der Waals surface area contributed by atoms with Gasteiger partial charge in [0.15, 0.2) is 23.1 Å². The molecule has 1 N–H and O–H groups in total. The van der Waals surface area contributed by atoms with Gasteiger partial charge in [-0.15, -0.1) is 0 Å². The first kappa shape index (κ1) is 24.2. The predicted molar refractivity (Wildman–Crippen MR) is 130 cm³/mol. The molecule has 0 saturated heterocycles. The number of hydrogen-bond donors (Lipinski definition) is 1. The number of methoxy groups -OCH3 is 2. The first-order valence-corrected chi connectivity index (χ1v) is 11.0. The molecule has 0 fully saturated rings. The van der Waals surface area contributed by atoms with Crippen molar-refractivity contribution >= 4 is 22.4 Å². The fraction of sp³-hybridized carbons (Fsp3) is 0.231. The summed E-state index contributed by atoms with van der Waals surface area (Å²) in [7, 11) is 3.23. The molecular formula is C26H26FN3O5. The summed E-state index contributed by atoms with van der Waals surface area (Å²) in [6.45, 7) is 1.62. The number of halogens is 1. The van der Waals surface area contributed by atoms with E-state index in [-0.39, 0.29) is 5.75 Å². The first-order valence-electron chi connectivity index (χ1n) is 11.0. The molecule has 1 heterocycles. The lowest BCUT2D eigenvalue weighted by Crippen LogP contribution is -2.09. The fourth-order valence-corrected chi connectivity index (χ4v) is 3.26. The van der Waals surface area contributed by atoms with Gasteiger partial charge in [0.2, 0.25) is 0 Å². The average molecular weight is 480 g/mol. The van der Waals surface area contributed by atoms with Crippen molar-refractivity contribution in [1.82, 2.24) is 9.97 Å². The normalized spacial score (nSPS) is 10.8. The Morgan fingerprint density at radius 2 is 1.46 bits per heavy atom. The Labute approximate surface area is 202 Å². The largest absolute Gasteiger partial charge is 0.487 e. The molecule has 0 amide bonds. The fourth-order valence-electron chi connectivity index (χ4n) is 3.26. The maximum absolute atomic E-state index is 13.9. The van der Waals surface area contributed by atoms with E-state index in [4.69, 9.17) is 23.7 Å². The number of para-hydroxylation sites is 1. The summed E-state index contributed by atoms with van der Waals surface area (Å²) < 4.78 is 41.4. The molecular weight excluding hydrogens is 453 g/mol. The molecule has 4 rings (SSSR count). The molecule has 0 radical (unpaired) electrons. The van der Waals surface area contributed by atoms with Crippen molar-refractivity contribution in [2.75, 3.05) is 46.0 Å². The van der Waals surface area contributed by atoms with E-state index in [1.165, 1.54) is 12.4 Å². The van der Waals surface area contributed by atoms with Crippen LogP contribution in [0.3, 0.4) is 0 Å². The van der Waals surface area contributed by atoms with Crippen LogP contribution in [0.5, 0.6) is 23.0 Å². The number of nitrogens with zero attached hydrogens (tertiary/aromatic N) is 2. The highest BCUT2D eigenvalue weighted by molar-refractivity contribution is 5.93. The van der Waals surface area contributed by atoms with Crippen LogP contribution >= 0.6 is 0 Å². The summed E-state index contributed by atoms with van der Waals surface area (Å²) >= 11 is 0. The van der Waals surface area contributed by atoms with E-state index < -0.39 is 5.82 Å². The zero-order valence-corrected chi connectivity index (χ0v) is 19.5. The zero-order valence-electron chi connectivity index (χ0n) is 19.5. The molecule has 3 aromatic carbocycles. The molecule has 0 bridgehead atoms. The van der Waals surface area contributed by atoms with Crippen molar-refractivity contribution in [3.8, 4) is 23.0 Å². The standard InChI is InChI=1S/C26H26FN3O5/c1-31-11-13-33-24-15-20-22(16-25(24)34-14-12-32-2)28-17-29-26(20)30-18-7-9-19(10-8-18)35-23-6-4-3-5-21(23)27/h3-10,15-17H,11-14H2,1-2H3,(H,28,29,30). The minimum absolute atomic E-state index is 0.166. The van der Waals surface area contributed by atoms with Gasteiger partial charge in [0, 0.05) is 31.4 Å². The second-order valence-corrected chi connectivity index (χ2v) is 7.40. The van der Waals surface area contributed by atoms with Gasteiger partial charge in [0.25, 0.3) is 0 Å². The molecule has 0 aliphatic heterocycles. The second-order valence-electron chi connectivity index (χ2n) is 7.40. The highest BCUT2D eigenvalue weighted by Gasteiger charge is 2.13. The first-order chi connectivity index (χ1) is 17.2. The zero-order chi connectivity index (χ0) is 24.5. The maximum Gasteiger partial charge on any atom is 0.165 e. The predicted octanol–water partition coefficient (Wildman–Crippen LogP) is 5.36. The van der Waals surface area contributed by atoms with E-state index in [2.05, 4.69) is 15.3 Å². The summed E-state index contributed by atoms with van der Waals surface area (Å²) in [5, 5.41) is 4.05. The molecule has 9 heteroatoms. The van der Waals surface area contributed by atoms with Crippen molar-refractivity contribution in [3.05, 3.63) is 72.8 Å². The van der Waals surface area contributed by atoms with Gasteiger partial charge >= 0.3 is 0 Å². The molecule has 35 heavy (non-hydrogen) atoms. The third-order valence-electron chi connectivity index (χ3n) is 4.97. The molecule has 0 aliphatic carbocycles. The average Bonchev–Trinajstić information content (AvgIpc) is 2.87. The molecule has 1 aromatic heterocycles. The van der Waals surface area contributed by atoms with Crippen molar-refractivity contribution < 1.29 is 28.1 Å². The Hall–Kier alpha value is -3.95. The van der Waals surface area contributed by atoms with Gasteiger partial charge < -0.3 is 29.0 Å². The van der Waals surface area contributed by atoms with Crippen molar-refractivity contribution in [1.29, 1.82) is 0 Å². The van der Waals surface area contributed by atoms with E-state index in [0.29, 0.717) is 55.0 Å². The maximum atomic E-state index is 13.9. The summed E-state index contributed by atoms with van der Waals surface area (Å²) in [5.41, 5.74) is 1.46. The smallest absolute Gasteiger partial charge is 0.165 e. The van der Waals surface area contributed by atoms with Crippen molar-refractivity contribution in [3.63, 3.8) is 0 Å². The van der Waals surface area contributed by atoms with E-state index in [0.717, 1.165) is 11.1 Å². The van der Waals surface area contributed by atoms with Crippen LogP contribution in [0.4, 0.5) is 15.9 Å². The number of fused-ring (bicyclic) bond motifs is 1. The Morgan fingerprint density at radius 3 is 2.14 bits per heavy atom. The van der Waals surface area contributed by atoms with Crippen LogP contribution in [-0.2, 0) is 9.47 Å². The lowest BCUT2D eigenvalue weighted by Gasteiger charge is -2.15. The van der Waals surface area contributed by atoms with Crippen LogP contribution < -0.4 is 19.5 Å². The highest BCUT2D eigenvalue weighted by Crippen LogP contribution is 2.35. The lowest BCUT2D eigenvalue weighted by molar-refractivity contribution is 0.132. The monoisotopic (exact) mass is 479 g/mol. The van der Waals surface area contributed by atoms with E-state index in [9.17, 15) is 4.39 Å². The third-order valence-corrected chi connectivity index (χ3v) is 4.97. The van der Waals surface area contributed by atoms with Gasteiger partial charge in [0.1, 0.15) is 31.1 Å². The minimum Gasteiger partial charge on any atom is -0.487 e. The Morgan fingerprint density at radius 1 is 0.771 bits per heavy atom. The van der Waals surface area contributed by atoms with Crippen LogP contribution in [-0.4, -0.2) is 50.6 Å². The number of ether oxygens (including phenoxy) is 5. The molecule has 0 aliphatic rings. The van der Waals surface area contributed by atoms with Gasteiger partial charge in [-0.2, -0.15) is 0 Å².